The largest absolute Gasteiger partial charge is 0.497 e. The zero-order valence-electron chi connectivity index (χ0n) is 9.86. The third-order valence-corrected chi connectivity index (χ3v) is 3.32. The molecule has 96 valence electrons. The van der Waals surface area contributed by atoms with Crippen molar-refractivity contribution in [1.82, 2.24) is 4.90 Å². The molecule has 0 aromatic heterocycles. The predicted molar refractivity (Wildman–Crippen MR) is 73.1 cm³/mol. The van der Waals surface area contributed by atoms with Crippen LogP contribution in [0.1, 0.15) is 12.0 Å². The lowest BCUT2D eigenvalue weighted by Gasteiger charge is -2.16. The van der Waals surface area contributed by atoms with Crippen molar-refractivity contribution >= 4 is 24.0 Å². The van der Waals surface area contributed by atoms with Gasteiger partial charge in [0.2, 0.25) is 0 Å². The zero-order valence-corrected chi connectivity index (χ0v) is 11.4. The highest BCUT2D eigenvalue weighted by atomic mass is 35.5. The first-order valence-electron chi connectivity index (χ1n) is 5.49. The Balaban J connectivity index is 0.00000144. The fourth-order valence-corrected chi connectivity index (χ4v) is 2.22. The standard InChI is InChI=1S/C12H17ClN2O.ClH/c1-16-11-2-3-12(13)9(6-11)7-15-5-4-10(14)8-15;/h2-3,6,10H,4-5,7-8,14H2,1H3;1H/t10-;/m1./s1. The Hall–Kier alpha value is -0.480. The summed E-state index contributed by atoms with van der Waals surface area (Å²) in [6, 6.07) is 6.06. The molecule has 1 aromatic carbocycles. The maximum Gasteiger partial charge on any atom is 0.119 e. The van der Waals surface area contributed by atoms with Crippen molar-refractivity contribution in [2.45, 2.75) is 19.0 Å². The van der Waals surface area contributed by atoms with Crippen LogP contribution in [0.3, 0.4) is 0 Å². The minimum Gasteiger partial charge on any atom is -0.497 e. The second-order valence-electron chi connectivity index (χ2n) is 4.24. The highest BCUT2D eigenvalue weighted by Crippen LogP contribution is 2.24. The summed E-state index contributed by atoms with van der Waals surface area (Å²) in [5, 5.41) is 0.793. The van der Waals surface area contributed by atoms with Crippen molar-refractivity contribution in [2.24, 2.45) is 5.73 Å². The van der Waals surface area contributed by atoms with E-state index >= 15 is 0 Å². The van der Waals surface area contributed by atoms with E-state index in [2.05, 4.69) is 4.90 Å². The number of nitrogens with two attached hydrogens (primary N) is 1. The summed E-state index contributed by atoms with van der Waals surface area (Å²) >= 11 is 6.15. The van der Waals surface area contributed by atoms with E-state index in [1.165, 1.54) is 0 Å². The number of likely N-dealkylation sites (tertiary alicyclic amines) is 1. The minimum absolute atomic E-state index is 0. The lowest BCUT2D eigenvalue weighted by molar-refractivity contribution is 0.326. The van der Waals surface area contributed by atoms with E-state index in [0.717, 1.165) is 42.4 Å². The Morgan fingerprint density at radius 1 is 1.53 bits per heavy atom. The van der Waals surface area contributed by atoms with E-state index in [4.69, 9.17) is 22.1 Å². The second-order valence-corrected chi connectivity index (χ2v) is 4.65. The molecule has 0 unspecified atom stereocenters. The third-order valence-electron chi connectivity index (χ3n) is 2.96. The van der Waals surface area contributed by atoms with Crippen molar-refractivity contribution < 1.29 is 4.74 Å². The summed E-state index contributed by atoms with van der Waals surface area (Å²) in [5.74, 6) is 0.850. The quantitative estimate of drug-likeness (QED) is 0.921. The molecular formula is C12H18Cl2N2O. The van der Waals surface area contributed by atoms with Gasteiger partial charge in [0, 0.05) is 30.7 Å². The van der Waals surface area contributed by atoms with Gasteiger partial charge in [-0.05, 0) is 30.2 Å². The van der Waals surface area contributed by atoms with Crippen LogP contribution in [-0.2, 0) is 6.54 Å². The summed E-state index contributed by atoms with van der Waals surface area (Å²) in [4.78, 5) is 2.32. The van der Waals surface area contributed by atoms with Crippen molar-refractivity contribution in [2.75, 3.05) is 20.2 Å². The van der Waals surface area contributed by atoms with Crippen LogP contribution in [0.2, 0.25) is 5.02 Å². The van der Waals surface area contributed by atoms with Gasteiger partial charge in [-0.2, -0.15) is 0 Å². The van der Waals surface area contributed by atoms with E-state index in [9.17, 15) is 0 Å². The number of nitrogens with zero attached hydrogens (tertiary/aromatic N) is 1. The van der Waals surface area contributed by atoms with Crippen LogP contribution >= 0.6 is 24.0 Å². The van der Waals surface area contributed by atoms with Gasteiger partial charge in [-0.3, -0.25) is 4.90 Å². The first kappa shape index (κ1) is 14.6. The van der Waals surface area contributed by atoms with Gasteiger partial charge in [-0.25, -0.2) is 0 Å². The summed E-state index contributed by atoms with van der Waals surface area (Å²) in [6.45, 7) is 2.85. The summed E-state index contributed by atoms with van der Waals surface area (Å²) in [6.07, 6.45) is 1.07. The van der Waals surface area contributed by atoms with Gasteiger partial charge in [-0.15, -0.1) is 12.4 Å². The number of hydrogen-bond acceptors (Lipinski definition) is 3. The Bertz CT molecular complexity index is 374. The molecule has 1 aliphatic heterocycles. The Morgan fingerprint density at radius 2 is 2.29 bits per heavy atom. The van der Waals surface area contributed by atoms with Crippen molar-refractivity contribution in [3.05, 3.63) is 28.8 Å². The molecule has 2 N–H and O–H groups in total. The van der Waals surface area contributed by atoms with E-state index in [-0.39, 0.29) is 12.4 Å². The van der Waals surface area contributed by atoms with Crippen LogP contribution in [0.25, 0.3) is 0 Å². The van der Waals surface area contributed by atoms with Crippen LogP contribution in [0.15, 0.2) is 18.2 Å². The fraction of sp³-hybridized carbons (Fsp3) is 0.500. The predicted octanol–water partition coefficient (Wildman–Crippen LogP) is 2.30. The molecule has 1 saturated heterocycles. The van der Waals surface area contributed by atoms with Gasteiger partial charge >= 0.3 is 0 Å². The van der Waals surface area contributed by atoms with Crippen LogP contribution < -0.4 is 10.5 Å². The van der Waals surface area contributed by atoms with Gasteiger partial charge in [0.15, 0.2) is 0 Å². The molecule has 17 heavy (non-hydrogen) atoms. The molecule has 0 aliphatic carbocycles. The molecule has 3 nitrogen and oxygen atoms in total. The van der Waals surface area contributed by atoms with Gasteiger partial charge in [-0.1, -0.05) is 11.6 Å². The molecule has 0 radical (unpaired) electrons. The smallest absolute Gasteiger partial charge is 0.119 e. The molecule has 5 heteroatoms. The molecule has 0 bridgehead atoms. The van der Waals surface area contributed by atoms with E-state index in [0.29, 0.717) is 6.04 Å². The highest BCUT2D eigenvalue weighted by Gasteiger charge is 2.19. The molecule has 1 aliphatic rings. The lowest BCUT2D eigenvalue weighted by atomic mass is 10.2. The second kappa shape index (κ2) is 6.45. The van der Waals surface area contributed by atoms with Crippen molar-refractivity contribution in [3.63, 3.8) is 0 Å². The van der Waals surface area contributed by atoms with Gasteiger partial charge in [0.1, 0.15) is 5.75 Å². The molecule has 2 rings (SSSR count). The number of methoxy groups -OCH3 is 1. The first-order chi connectivity index (χ1) is 7.69. The molecule has 0 saturated carbocycles. The van der Waals surface area contributed by atoms with Crippen LogP contribution in [-0.4, -0.2) is 31.1 Å². The Morgan fingerprint density at radius 3 is 2.88 bits per heavy atom. The average Bonchev–Trinajstić information content (AvgIpc) is 2.67. The lowest BCUT2D eigenvalue weighted by Crippen LogP contribution is -2.26. The highest BCUT2D eigenvalue weighted by molar-refractivity contribution is 6.31. The first-order valence-corrected chi connectivity index (χ1v) is 5.87. The van der Waals surface area contributed by atoms with E-state index in [1.54, 1.807) is 7.11 Å². The molecule has 1 heterocycles. The maximum atomic E-state index is 6.15. The van der Waals surface area contributed by atoms with Crippen molar-refractivity contribution in [1.29, 1.82) is 0 Å². The minimum atomic E-state index is 0. The summed E-state index contributed by atoms with van der Waals surface area (Å²) in [5.41, 5.74) is 6.98. The molecule has 0 spiro atoms. The molecule has 1 fully saturated rings. The number of benzene rings is 1. The number of hydrogen-bond donors (Lipinski definition) is 1. The zero-order chi connectivity index (χ0) is 11.5. The Labute approximate surface area is 113 Å². The monoisotopic (exact) mass is 276 g/mol. The number of ether oxygens (including phenoxy) is 1. The van der Waals surface area contributed by atoms with Gasteiger partial charge in [0.05, 0.1) is 7.11 Å². The third kappa shape index (κ3) is 3.75. The summed E-state index contributed by atoms with van der Waals surface area (Å²) in [7, 11) is 1.67. The molecular weight excluding hydrogens is 259 g/mol. The molecule has 0 amide bonds. The SMILES string of the molecule is COc1ccc(Cl)c(CN2CC[C@@H](N)C2)c1.Cl. The summed E-state index contributed by atoms with van der Waals surface area (Å²) < 4.78 is 5.19. The topological polar surface area (TPSA) is 38.5 Å². The van der Waals surface area contributed by atoms with Crippen molar-refractivity contribution in [3.8, 4) is 5.75 Å². The maximum absolute atomic E-state index is 6.15. The normalized spacial score (nSPS) is 20.1. The van der Waals surface area contributed by atoms with Crippen LogP contribution in [0.4, 0.5) is 0 Å². The molecule has 1 aromatic rings. The van der Waals surface area contributed by atoms with E-state index < -0.39 is 0 Å². The fourth-order valence-electron chi connectivity index (χ4n) is 2.05. The van der Waals surface area contributed by atoms with Gasteiger partial charge in [0.25, 0.3) is 0 Å². The average molecular weight is 277 g/mol. The number of halogens is 2. The molecule has 1 atom stereocenters. The van der Waals surface area contributed by atoms with Gasteiger partial charge < -0.3 is 10.5 Å². The van der Waals surface area contributed by atoms with Crippen LogP contribution in [0.5, 0.6) is 5.75 Å². The van der Waals surface area contributed by atoms with E-state index in [1.807, 2.05) is 18.2 Å². The van der Waals surface area contributed by atoms with Crippen LogP contribution in [0, 0.1) is 0 Å². The number of rotatable bonds is 3. The Kier molecular flexibility index (Phi) is 5.53.